The first-order valence-corrected chi connectivity index (χ1v) is 6.43. The molecule has 0 fully saturated rings. The number of thiophene rings is 1. The third-order valence-electron chi connectivity index (χ3n) is 2.93. The monoisotopic (exact) mass is 240 g/mol. The van der Waals surface area contributed by atoms with Crippen molar-refractivity contribution in [2.24, 2.45) is 0 Å². The van der Waals surface area contributed by atoms with Crippen LogP contribution in [0.3, 0.4) is 0 Å². The molecule has 1 aromatic heterocycles. The predicted octanol–water partition coefficient (Wildman–Crippen LogP) is 4.06. The van der Waals surface area contributed by atoms with Gasteiger partial charge < -0.3 is 5.11 Å². The zero-order valence-electron chi connectivity index (χ0n) is 9.26. The van der Waals surface area contributed by atoms with Gasteiger partial charge in [-0.1, -0.05) is 42.5 Å². The number of aliphatic hydroxyl groups excluding tert-OH is 1. The minimum absolute atomic E-state index is 0.102. The molecule has 2 aromatic carbocycles. The van der Waals surface area contributed by atoms with Crippen LogP contribution in [-0.2, 0) is 6.61 Å². The van der Waals surface area contributed by atoms with E-state index in [1.54, 1.807) is 11.3 Å². The van der Waals surface area contributed by atoms with Crippen LogP contribution in [0.15, 0.2) is 53.9 Å². The quantitative estimate of drug-likeness (QED) is 0.716. The Kier molecular flexibility index (Phi) is 2.67. The van der Waals surface area contributed by atoms with Gasteiger partial charge in [-0.2, -0.15) is 0 Å². The summed E-state index contributed by atoms with van der Waals surface area (Å²) in [7, 11) is 0. The molecule has 3 rings (SSSR count). The fourth-order valence-electron chi connectivity index (χ4n) is 1.99. The number of hydrogen-bond donors (Lipinski definition) is 1. The normalized spacial score (nSPS) is 10.9. The zero-order chi connectivity index (χ0) is 11.7. The van der Waals surface area contributed by atoms with Crippen LogP contribution in [0.5, 0.6) is 0 Å². The molecule has 2 heteroatoms. The van der Waals surface area contributed by atoms with Crippen molar-refractivity contribution in [2.75, 3.05) is 0 Å². The summed E-state index contributed by atoms with van der Waals surface area (Å²) in [6.07, 6.45) is 0. The third kappa shape index (κ3) is 1.86. The van der Waals surface area contributed by atoms with Crippen LogP contribution in [0.1, 0.15) is 5.56 Å². The summed E-state index contributed by atoms with van der Waals surface area (Å²) < 4.78 is 1.31. The van der Waals surface area contributed by atoms with E-state index in [0.717, 1.165) is 5.56 Å². The van der Waals surface area contributed by atoms with Crippen LogP contribution >= 0.6 is 11.3 Å². The lowest BCUT2D eigenvalue weighted by Crippen LogP contribution is -1.82. The maximum atomic E-state index is 9.03. The summed E-state index contributed by atoms with van der Waals surface area (Å²) in [6, 6.07) is 16.5. The van der Waals surface area contributed by atoms with Crippen molar-refractivity contribution in [1.82, 2.24) is 0 Å². The molecular weight excluding hydrogens is 228 g/mol. The molecular formula is C15H12OS. The molecule has 0 atom stereocenters. The van der Waals surface area contributed by atoms with Crippen molar-refractivity contribution in [1.29, 1.82) is 0 Å². The average molecular weight is 240 g/mol. The number of fused-ring (bicyclic) bond motifs is 1. The lowest BCUT2D eigenvalue weighted by molar-refractivity contribution is 0.282. The topological polar surface area (TPSA) is 20.2 Å². The van der Waals surface area contributed by atoms with E-state index in [1.807, 2.05) is 12.1 Å². The van der Waals surface area contributed by atoms with E-state index in [-0.39, 0.29) is 6.61 Å². The van der Waals surface area contributed by atoms with Crippen molar-refractivity contribution in [3.63, 3.8) is 0 Å². The Bertz CT molecular complexity index is 637. The first kappa shape index (κ1) is 10.5. The Hall–Kier alpha value is -1.64. The molecule has 0 amide bonds. The second-order valence-corrected chi connectivity index (χ2v) is 4.91. The largest absolute Gasteiger partial charge is 0.392 e. The summed E-state index contributed by atoms with van der Waals surface area (Å²) >= 11 is 1.77. The van der Waals surface area contributed by atoms with Gasteiger partial charge in [-0.3, -0.25) is 0 Å². The molecule has 1 N–H and O–H groups in total. The molecule has 84 valence electrons. The molecule has 0 aliphatic rings. The molecule has 0 saturated carbocycles. The second kappa shape index (κ2) is 4.32. The summed E-state index contributed by atoms with van der Waals surface area (Å²) in [5.41, 5.74) is 3.43. The van der Waals surface area contributed by atoms with Crippen LogP contribution in [0.2, 0.25) is 0 Å². The lowest BCUT2D eigenvalue weighted by atomic mass is 10.0. The Morgan fingerprint density at radius 2 is 1.71 bits per heavy atom. The first-order valence-electron chi connectivity index (χ1n) is 5.55. The van der Waals surface area contributed by atoms with E-state index in [0.29, 0.717) is 0 Å². The van der Waals surface area contributed by atoms with Gasteiger partial charge in [0.25, 0.3) is 0 Å². The number of rotatable bonds is 2. The van der Waals surface area contributed by atoms with Gasteiger partial charge in [0.1, 0.15) is 0 Å². The zero-order valence-corrected chi connectivity index (χ0v) is 10.1. The molecule has 0 aliphatic heterocycles. The van der Waals surface area contributed by atoms with E-state index in [2.05, 4.69) is 41.8 Å². The highest BCUT2D eigenvalue weighted by atomic mass is 32.1. The minimum Gasteiger partial charge on any atom is -0.392 e. The van der Waals surface area contributed by atoms with Crippen molar-refractivity contribution in [3.8, 4) is 11.1 Å². The van der Waals surface area contributed by atoms with Gasteiger partial charge in [0.05, 0.1) is 6.61 Å². The lowest BCUT2D eigenvalue weighted by Gasteiger charge is -2.01. The molecule has 0 spiro atoms. The molecule has 3 aromatic rings. The van der Waals surface area contributed by atoms with E-state index in [4.69, 9.17) is 5.11 Å². The predicted molar refractivity (Wildman–Crippen MR) is 73.2 cm³/mol. The van der Waals surface area contributed by atoms with Crippen molar-refractivity contribution < 1.29 is 5.11 Å². The fourth-order valence-corrected chi connectivity index (χ4v) is 2.96. The summed E-state index contributed by atoms with van der Waals surface area (Å²) in [5, 5.41) is 12.5. The highest BCUT2D eigenvalue weighted by Crippen LogP contribution is 2.33. The van der Waals surface area contributed by atoms with E-state index in [1.165, 1.54) is 21.2 Å². The van der Waals surface area contributed by atoms with Gasteiger partial charge in [-0.15, -0.1) is 11.3 Å². The highest BCUT2D eigenvalue weighted by Gasteiger charge is 2.05. The van der Waals surface area contributed by atoms with E-state index in [9.17, 15) is 0 Å². The van der Waals surface area contributed by atoms with Crippen LogP contribution < -0.4 is 0 Å². The van der Waals surface area contributed by atoms with Gasteiger partial charge in [0.15, 0.2) is 0 Å². The summed E-state index contributed by atoms with van der Waals surface area (Å²) in [5.74, 6) is 0. The number of benzene rings is 2. The molecule has 0 radical (unpaired) electrons. The Morgan fingerprint density at radius 1 is 0.941 bits per heavy atom. The third-order valence-corrected chi connectivity index (χ3v) is 3.89. The maximum Gasteiger partial charge on any atom is 0.0681 e. The van der Waals surface area contributed by atoms with Gasteiger partial charge in [-0.25, -0.2) is 0 Å². The van der Waals surface area contributed by atoms with Gasteiger partial charge in [-0.05, 0) is 22.6 Å². The highest BCUT2D eigenvalue weighted by molar-refractivity contribution is 7.17. The average Bonchev–Trinajstić information content (AvgIpc) is 2.83. The molecule has 0 saturated heterocycles. The molecule has 0 unspecified atom stereocenters. The van der Waals surface area contributed by atoms with Crippen molar-refractivity contribution in [3.05, 3.63) is 59.5 Å². The second-order valence-electron chi connectivity index (χ2n) is 4.00. The molecule has 0 bridgehead atoms. The van der Waals surface area contributed by atoms with E-state index >= 15 is 0 Å². The standard InChI is InChI=1S/C15H12OS/c16-9-11-5-7-12(8-6-11)14-10-17-15-4-2-1-3-13(14)15/h1-8,10,16H,9H2. The van der Waals surface area contributed by atoms with Crippen LogP contribution in [0, 0.1) is 0 Å². The van der Waals surface area contributed by atoms with Gasteiger partial charge >= 0.3 is 0 Å². The smallest absolute Gasteiger partial charge is 0.0681 e. The molecule has 17 heavy (non-hydrogen) atoms. The van der Waals surface area contributed by atoms with Crippen LogP contribution in [-0.4, -0.2) is 5.11 Å². The van der Waals surface area contributed by atoms with Crippen LogP contribution in [0.4, 0.5) is 0 Å². The number of aliphatic hydroxyl groups is 1. The SMILES string of the molecule is OCc1ccc(-c2csc3ccccc23)cc1. The number of hydrogen-bond acceptors (Lipinski definition) is 2. The Labute approximate surface area is 104 Å². The molecule has 1 heterocycles. The fraction of sp³-hybridized carbons (Fsp3) is 0.0667. The van der Waals surface area contributed by atoms with Gasteiger partial charge in [0.2, 0.25) is 0 Å². The molecule has 0 aliphatic carbocycles. The van der Waals surface area contributed by atoms with Crippen molar-refractivity contribution >= 4 is 21.4 Å². The van der Waals surface area contributed by atoms with Crippen LogP contribution in [0.25, 0.3) is 21.2 Å². The Balaban J connectivity index is 2.13. The summed E-state index contributed by atoms with van der Waals surface area (Å²) in [4.78, 5) is 0. The molecule has 1 nitrogen and oxygen atoms in total. The minimum atomic E-state index is 0.102. The first-order chi connectivity index (χ1) is 8.38. The van der Waals surface area contributed by atoms with Crippen molar-refractivity contribution in [2.45, 2.75) is 6.61 Å². The maximum absolute atomic E-state index is 9.03. The van der Waals surface area contributed by atoms with E-state index < -0.39 is 0 Å². The summed E-state index contributed by atoms with van der Waals surface area (Å²) in [6.45, 7) is 0.102. The Morgan fingerprint density at radius 3 is 2.47 bits per heavy atom. The van der Waals surface area contributed by atoms with Gasteiger partial charge in [0, 0.05) is 15.6 Å².